The lowest BCUT2D eigenvalue weighted by Gasteiger charge is -2.50. The van der Waals surface area contributed by atoms with Crippen molar-refractivity contribution < 1.29 is 9.53 Å². The molecule has 0 aliphatic carbocycles. The summed E-state index contributed by atoms with van der Waals surface area (Å²) >= 11 is 0. The van der Waals surface area contributed by atoms with Crippen LogP contribution in [0, 0.1) is 0 Å². The van der Waals surface area contributed by atoms with Crippen LogP contribution in [0.25, 0.3) is 0 Å². The molecule has 1 N–H and O–H groups in total. The summed E-state index contributed by atoms with van der Waals surface area (Å²) in [6.07, 6.45) is 2.23. The summed E-state index contributed by atoms with van der Waals surface area (Å²) in [4.78, 5) is 17.0. The Morgan fingerprint density at radius 3 is 2.70 bits per heavy atom. The fourth-order valence-electron chi connectivity index (χ4n) is 3.60. The van der Waals surface area contributed by atoms with Gasteiger partial charge in [-0.2, -0.15) is 0 Å². The Labute approximate surface area is 138 Å². The van der Waals surface area contributed by atoms with Crippen molar-refractivity contribution in [3.63, 3.8) is 0 Å². The van der Waals surface area contributed by atoms with Gasteiger partial charge in [0.2, 0.25) is 0 Å². The number of ether oxygens (including phenoxy) is 1. The third kappa shape index (κ3) is 4.10. The number of nitrogens with zero attached hydrogens (tertiary/aromatic N) is 2. The van der Waals surface area contributed by atoms with Gasteiger partial charge in [0.25, 0.3) is 0 Å². The van der Waals surface area contributed by atoms with Crippen molar-refractivity contribution in [2.75, 3.05) is 46.3 Å². The maximum Gasteiger partial charge on any atom is 0.320 e. The molecule has 5 heteroatoms. The summed E-state index contributed by atoms with van der Waals surface area (Å²) in [5.41, 5.74) is 1.16. The highest BCUT2D eigenvalue weighted by Crippen LogP contribution is 2.29. The summed E-state index contributed by atoms with van der Waals surface area (Å²) in [7, 11) is 2.17. The Morgan fingerprint density at radius 2 is 1.96 bits per heavy atom. The maximum atomic E-state index is 12.3. The Balaban J connectivity index is 1.55. The minimum Gasteiger partial charge on any atom is -0.460 e. The summed E-state index contributed by atoms with van der Waals surface area (Å²) in [6.45, 7) is 5.80. The van der Waals surface area contributed by atoms with Gasteiger partial charge in [-0.1, -0.05) is 30.3 Å². The van der Waals surface area contributed by atoms with Crippen molar-refractivity contribution in [3.8, 4) is 0 Å². The first-order valence-electron chi connectivity index (χ1n) is 8.52. The van der Waals surface area contributed by atoms with E-state index in [1.807, 2.05) is 30.3 Å². The van der Waals surface area contributed by atoms with E-state index in [0.29, 0.717) is 13.2 Å². The van der Waals surface area contributed by atoms with Gasteiger partial charge in [0.15, 0.2) is 0 Å². The Bertz CT molecular complexity index is 512. The van der Waals surface area contributed by atoms with Crippen LogP contribution >= 0.6 is 0 Å². The third-order valence-electron chi connectivity index (χ3n) is 5.16. The molecule has 2 aliphatic heterocycles. The molecule has 2 fully saturated rings. The molecule has 0 amide bonds. The van der Waals surface area contributed by atoms with Crippen molar-refractivity contribution in [2.45, 2.75) is 25.0 Å². The van der Waals surface area contributed by atoms with Gasteiger partial charge in [0.1, 0.15) is 6.61 Å². The molecule has 0 aromatic heterocycles. The van der Waals surface area contributed by atoms with Gasteiger partial charge in [-0.15, -0.1) is 0 Å². The van der Waals surface area contributed by atoms with E-state index in [1.165, 1.54) is 0 Å². The predicted octanol–water partition coefficient (Wildman–Crippen LogP) is 1.10. The highest BCUT2D eigenvalue weighted by Gasteiger charge is 2.41. The number of piperazine rings is 1. The van der Waals surface area contributed by atoms with E-state index in [9.17, 15) is 4.79 Å². The number of esters is 1. The number of benzene rings is 1. The van der Waals surface area contributed by atoms with Crippen molar-refractivity contribution >= 4 is 5.97 Å². The highest BCUT2D eigenvalue weighted by atomic mass is 16.5. The number of nitrogens with one attached hydrogen (secondary N) is 1. The summed E-state index contributed by atoms with van der Waals surface area (Å²) < 4.78 is 5.47. The maximum absolute atomic E-state index is 12.3. The van der Waals surface area contributed by atoms with Crippen LogP contribution in [0.15, 0.2) is 30.3 Å². The second-order valence-corrected chi connectivity index (χ2v) is 6.77. The van der Waals surface area contributed by atoms with Crippen LogP contribution in [0.5, 0.6) is 0 Å². The number of rotatable bonds is 4. The molecule has 0 atom stereocenters. The average molecular weight is 317 g/mol. The van der Waals surface area contributed by atoms with Crippen molar-refractivity contribution in [2.24, 2.45) is 0 Å². The highest BCUT2D eigenvalue weighted by molar-refractivity contribution is 5.71. The molecule has 0 bridgehead atoms. The second kappa shape index (κ2) is 7.43. The molecule has 3 rings (SSSR count). The van der Waals surface area contributed by atoms with E-state index in [1.54, 1.807) is 0 Å². The van der Waals surface area contributed by atoms with Gasteiger partial charge >= 0.3 is 5.97 Å². The first kappa shape index (κ1) is 16.4. The zero-order chi connectivity index (χ0) is 16.1. The Kier molecular flexibility index (Phi) is 5.30. The quantitative estimate of drug-likeness (QED) is 0.843. The van der Waals surface area contributed by atoms with Crippen LogP contribution in [0.4, 0.5) is 0 Å². The number of hydrogen-bond donors (Lipinski definition) is 1. The number of carbonyl (C=O) groups is 1. The number of likely N-dealkylation sites (tertiary alicyclic amines) is 1. The van der Waals surface area contributed by atoms with Crippen molar-refractivity contribution in [1.29, 1.82) is 0 Å². The standard InChI is InChI=1S/C18H27N3O2/c1-20-10-7-18(8-11-20)15-19-9-12-21(18)13-17(22)23-14-16-5-3-2-4-6-16/h2-6,19H,7-15H2,1H3. The van der Waals surface area contributed by atoms with Crippen molar-refractivity contribution in [1.82, 2.24) is 15.1 Å². The fourth-order valence-corrected chi connectivity index (χ4v) is 3.60. The van der Waals surface area contributed by atoms with E-state index in [-0.39, 0.29) is 11.5 Å². The van der Waals surface area contributed by atoms with E-state index in [2.05, 4.69) is 22.2 Å². The fraction of sp³-hybridized carbons (Fsp3) is 0.611. The van der Waals surface area contributed by atoms with Gasteiger partial charge < -0.3 is 15.0 Å². The van der Waals surface area contributed by atoms with E-state index >= 15 is 0 Å². The van der Waals surface area contributed by atoms with Gasteiger partial charge in [-0.3, -0.25) is 9.69 Å². The van der Waals surface area contributed by atoms with E-state index in [0.717, 1.165) is 51.1 Å². The van der Waals surface area contributed by atoms with E-state index in [4.69, 9.17) is 4.74 Å². The molecule has 2 saturated heterocycles. The zero-order valence-electron chi connectivity index (χ0n) is 14.0. The topological polar surface area (TPSA) is 44.8 Å². The normalized spacial score (nSPS) is 22.1. The predicted molar refractivity (Wildman–Crippen MR) is 90.1 cm³/mol. The number of carbonyl (C=O) groups excluding carboxylic acids is 1. The number of hydrogen-bond acceptors (Lipinski definition) is 5. The monoisotopic (exact) mass is 317 g/mol. The summed E-state index contributed by atoms with van der Waals surface area (Å²) in [6, 6.07) is 9.86. The minimum atomic E-state index is -0.117. The molecule has 1 aromatic rings. The molecular weight excluding hydrogens is 290 g/mol. The lowest BCUT2D eigenvalue weighted by Crippen LogP contribution is -2.65. The average Bonchev–Trinajstić information content (AvgIpc) is 2.59. The summed E-state index contributed by atoms with van der Waals surface area (Å²) in [5.74, 6) is -0.117. The molecule has 126 valence electrons. The van der Waals surface area contributed by atoms with Crippen LogP contribution in [-0.4, -0.2) is 67.6 Å². The van der Waals surface area contributed by atoms with Crippen LogP contribution in [0.2, 0.25) is 0 Å². The summed E-state index contributed by atoms with van der Waals surface area (Å²) in [5, 5.41) is 3.51. The molecule has 0 saturated carbocycles. The lowest BCUT2D eigenvalue weighted by atomic mass is 9.84. The largest absolute Gasteiger partial charge is 0.460 e. The Morgan fingerprint density at radius 1 is 1.22 bits per heavy atom. The second-order valence-electron chi connectivity index (χ2n) is 6.77. The Hall–Kier alpha value is -1.43. The molecule has 1 spiro atoms. The number of piperidine rings is 1. The zero-order valence-corrected chi connectivity index (χ0v) is 14.0. The molecule has 1 aromatic carbocycles. The van der Waals surface area contributed by atoms with Gasteiger partial charge in [-0.05, 0) is 38.5 Å². The lowest BCUT2D eigenvalue weighted by molar-refractivity contribution is -0.149. The first-order valence-corrected chi connectivity index (χ1v) is 8.52. The molecule has 2 aliphatic rings. The van der Waals surface area contributed by atoms with Crippen LogP contribution < -0.4 is 5.32 Å². The molecule has 23 heavy (non-hydrogen) atoms. The molecule has 5 nitrogen and oxygen atoms in total. The van der Waals surface area contributed by atoms with Crippen LogP contribution in [0.1, 0.15) is 18.4 Å². The van der Waals surface area contributed by atoms with E-state index < -0.39 is 0 Å². The molecular formula is C18H27N3O2. The SMILES string of the molecule is CN1CCC2(CC1)CNCCN2CC(=O)OCc1ccccc1. The molecule has 0 radical (unpaired) electrons. The van der Waals surface area contributed by atoms with Gasteiger partial charge in [-0.25, -0.2) is 0 Å². The molecule has 0 unspecified atom stereocenters. The minimum absolute atomic E-state index is 0.117. The van der Waals surface area contributed by atoms with Gasteiger partial charge in [0, 0.05) is 25.2 Å². The van der Waals surface area contributed by atoms with Crippen LogP contribution in [0.3, 0.4) is 0 Å². The smallest absolute Gasteiger partial charge is 0.320 e. The third-order valence-corrected chi connectivity index (χ3v) is 5.16. The first-order chi connectivity index (χ1) is 11.2. The van der Waals surface area contributed by atoms with Crippen LogP contribution in [-0.2, 0) is 16.1 Å². The molecule has 2 heterocycles. The van der Waals surface area contributed by atoms with Crippen molar-refractivity contribution in [3.05, 3.63) is 35.9 Å². The van der Waals surface area contributed by atoms with Gasteiger partial charge in [0.05, 0.1) is 6.54 Å².